The Hall–Kier alpha value is -7.03. The van der Waals surface area contributed by atoms with Crippen LogP contribution < -0.4 is 0 Å². The van der Waals surface area contributed by atoms with E-state index in [-0.39, 0.29) is 0 Å². The van der Waals surface area contributed by atoms with Gasteiger partial charge >= 0.3 is 0 Å². The molecule has 1 aromatic heterocycles. The molecule has 0 N–H and O–H groups in total. The van der Waals surface area contributed by atoms with Crippen molar-refractivity contribution in [3.05, 3.63) is 206 Å². The summed E-state index contributed by atoms with van der Waals surface area (Å²) in [4.78, 5) is 5.21. The summed E-state index contributed by atoms with van der Waals surface area (Å²) in [5, 5.41) is 4.90. The predicted molar refractivity (Wildman–Crippen MR) is 223 cm³/mol. The largest absolute Gasteiger partial charge is 0.292 e. The Labute approximate surface area is 308 Å². The van der Waals surface area contributed by atoms with E-state index in [1.165, 1.54) is 60.5 Å². The first-order valence-corrected chi connectivity index (χ1v) is 18.1. The van der Waals surface area contributed by atoms with E-state index in [1.54, 1.807) is 0 Å². The Bertz CT molecular complexity index is 2920. The zero-order chi connectivity index (χ0) is 35.1. The number of benzene rings is 9. The molecule has 0 radical (unpaired) electrons. The fourth-order valence-corrected chi connectivity index (χ4v) is 7.97. The molecule has 2 nitrogen and oxygen atoms in total. The summed E-state index contributed by atoms with van der Waals surface area (Å²) in [6, 6.07) is 74.1. The molecule has 10 rings (SSSR count). The van der Waals surface area contributed by atoms with Crippen LogP contribution in [0.1, 0.15) is 0 Å². The van der Waals surface area contributed by atoms with Gasteiger partial charge in [-0.25, -0.2) is 4.98 Å². The van der Waals surface area contributed by atoms with Crippen molar-refractivity contribution in [2.45, 2.75) is 0 Å². The highest BCUT2D eigenvalue weighted by Crippen LogP contribution is 2.46. The Balaban J connectivity index is 1.25. The van der Waals surface area contributed by atoms with Crippen LogP contribution in [-0.2, 0) is 0 Å². The highest BCUT2D eigenvalue weighted by molar-refractivity contribution is 6.22. The van der Waals surface area contributed by atoms with Crippen LogP contribution in [0.5, 0.6) is 0 Å². The molecule has 0 unspecified atom stereocenters. The van der Waals surface area contributed by atoms with Gasteiger partial charge in [0.15, 0.2) is 0 Å². The molecule has 0 spiro atoms. The topological polar surface area (TPSA) is 17.8 Å². The lowest BCUT2D eigenvalue weighted by Gasteiger charge is -2.19. The van der Waals surface area contributed by atoms with Gasteiger partial charge in [-0.15, -0.1) is 0 Å². The summed E-state index contributed by atoms with van der Waals surface area (Å²) in [6.07, 6.45) is 0. The summed E-state index contributed by atoms with van der Waals surface area (Å²) in [7, 11) is 0. The maximum atomic E-state index is 5.21. The average molecular weight is 675 g/mol. The van der Waals surface area contributed by atoms with Crippen molar-refractivity contribution in [2.75, 3.05) is 0 Å². The summed E-state index contributed by atoms with van der Waals surface area (Å²) >= 11 is 0. The molecule has 0 amide bonds. The number of nitrogens with zero attached hydrogens (tertiary/aromatic N) is 2. The van der Waals surface area contributed by atoms with Gasteiger partial charge in [-0.2, -0.15) is 0 Å². The Morgan fingerprint density at radius 3 is 1.45 bits per heavy atom. The number of hydrogen-bond acceptors (Lipinski definition) is 1. The minimum atomic E-state index is 0.925. The lowest BCUT2D eigenvalue weighted by Crippen LogP contribution is -1.97. The molecule has 248 valence electrons. The summed E-state index contributed by atoms with van der Waals surface area (Å²) < 4.78 is 2.28. The fraction of sp³-hybridized carbons (Fsp3) is 0. The van der Waals surface area contributed by atoms with Crippen LogP contribution in [0.15, 0.2) is 206 Å². The van der Waals surface area contributed by atoms with Crippen LogP contribution >= 0.6 is 0 Å². The first-order chi connectivity index (χ1) is 26.3. The van der Waals surface area contributed by atoms with E-state index >= 15 is 0 Å². The van der Waals surface area contributed by atoms with E-state index < -0.39 is 0 Å². The SMILES string of the molecule is c1ccc(-c2cccc(-c3c4ccccc4c(-c4cccc(-c5nc6ccccc6n5-c5ccccc5)c4)c4ccc(-c5ccccc5)cc34)c2)cc1. The van der Waals surface area contributed by atoms with Gasteiger partial charge in [-0.1, -0.05) is 164 Å². The average Bonchev–Trinajstić information content (AvgIpc) is 3.63. The predicted octanol–water partition coefficient (Wildman–Crippen LogP) is 13.7. The first kappa shape index (κ1) is 30.8. The number of aromatic nitrogens is 2. The number of para-hydroxylation sites is 3. The third-order valence-corrected chi connectivity index (χ3v) is 10.4. The molecule has 9 aromatic carbocycles. The molecule has 10 aromatic rings. The van der Waals surface area contributed by atoms with Gasteiger partial charge in [-0.05, 0) is 109 Å². The van der Waals surface area contributed by atoms with Crippen LogP contribution in [0.2, 0.25) is 0 Å². The third-order valence-electron chi connectivity index (χ3n) is 10.4. The van der Waals surface area contributed by atoms with Gasteiger partial charge in [0.05, 0.1) is 11.0 Å². The molecule has 1 heterocycles. The lowest BCUT2D eigenvalue weighted by molar-refractivity contribution is 1.10. The Kier molecular flexibility index (Phi) is 7.51. The molecule has 0 saturated heterocycles. The second kappa shape index (κ2) is 12.9. The van der Waals surface area contributed by atoms with Crippen molar-refractivity contribution in [3.8, 4) is 61.6 Å². The van der Waals surface area contributed by atoms with E-state index in [0.29, 0.717) is 0 Å². The van der Waals surface area contributed by atoms with E-state index in [1.807, 2.05) is 0 Å². The van der Waals surface area contributed by atoms with Gasteiger partial charge in [0.1, 0.15) is 5.82 Å². The van der Waals surface area contributed by atoms with Crippen LogP contribution in [0.25, 0.3) is 94.2 Å². The molecule has 0 bridgehead atoms. The monoisotopic (exact) mass is 674 g/mol. The lowest BCUT2D eigenvalue weighted by atomic mass is 9.84. The smallest absolute Gasteiger partial charge is 0.145 e. The van der Waals surface area contributed by atoms with Crippen LogP contribution in [0, 0.1) is 0 Å². The van der Waals surface area contributed by atoms with Crippen LogP contribution in [0.4, 0.5) is 0 Å². The minimum absolute atomic E-state index is 0.925. The fourth-order valence-electron chi connectivity index (χ4n) is 7.97. The maximum Gasteiger partial charge on any atom is 0.145 e. The van der Waals surface area contributed by atoms with E-state index in [2.05, 4.69) is 211 Å². The van der Waals surface area contributed by atoms with Crippen LogP contribution in [0.3, 0.4) is 0 Å². The molecule has 53 heavy (non-hydrogen) atoms. The third kappa shape index (κ3) is 5.40. The van der Waals surface area contributed by atoms with Crippen molar-refractivity contribution in [1.82, 2.24) is 9.55 Å². The normalized spacial score (nSPS) is 11.4. The van der Waals surface area contributed by atoms with Crippen molar-refractivity contribution in [3.63, 3.8) is 0 Å². The van der Waals surface area contributed by atoms with Crippen molar-refractivity contribution in [2.24, 2.45) is 0 Å². The summed E-state index contributed by atoms with van der Waals surface area (Å²) in [6.45, 7) is 0. The Morgan fingerprint density at radius 2 is 0.774 bits per heavy atom. The van der Waals surface area contributed by atoms with Gasteiger partial charge in [-0.3, -0.25) is 4.57 Å². The number of imidazole rings is 1. The second-order valence-electron chi connectivity index (χ2n) is 13.5. The van der Waals surface area contributed by atoms with E-state index in [9.17, 15) is 0 Å². The number of rotatable bonds is 6. The molecule has 2 heteroatoms. The molecule has 0 aliphatic rings. The van der Waals surface area contributed by atoms with Crippen molar-refractivity contribution < 1.29 is 0 Å². The second-order valence-corrected chi connectivity index (χ2v) is 13.5. The maximum absolute atomic E-state index is 5.21. The standard InChI is InChI=1S/C51H34N2/c1-4-16-35(17-5-1)37-20-14-21-39(32-37)50-44-27-11-10-26-43(44)49(45-31-30-38(34-46(45)50)36-18-6-2-7-19-36)40-22-15-23-41(33-40)51-52-47-28-12-13-29-48(47)53(51)42-24-8-3-9-25-42/h1-34H. The molecular formula is C51H34N2. The zero-order valence-electron chi connectivity index (χ0n) is 29.0. The van der Waals surface area contributed by atoms with Crippen molar-refractivity contribution in [1.29, 1.82) is 0 Å². The Morgan fingerprint density at radius 1 is 0.302 bits per heavy atom. The molecule has 0 aliphatic heterocycles. The summed E-state index contributed by atoms with van der Waals surface area (Å²) in [5.41, 5.74) is 13.9. The van der Waals surface area contributed by atoms with Gasteiger partial charge < -0.3 is 0 Å². The van der Waals surface area contributed by atoms with E-state index in [4.69, 9.17) is 4.98 Å². The highest BCUT2D eigenvalue weighted by Gasteiger charge is 2.20. The quantitative estimate of drug-likeness (QED) is 0.161. The van der Waals surface area contributed by atoms with E-state index in [0.717, 1.165) is 33.7 Å². The van der Waals surface area contributed by atoms with Gasteiger partial charge in [0.2, 0.25) is 0 Å². The van der Waals surface area contributed by atoms with Gasteiger partial charge in [0.25, 0.3) is 0 Å². The van der Waals surface area contributed by atoms with Gasteiger partial charge in [0, 0.05) is 11.3 Å². The minimum Gasteiger partial charge on any atom is -0.292 e. The van der Waals surface area contributed by atoms with Crippen LogP contribution in [-0.4, -0.2) is 9.55 Å². The molecule has 0 atom stereocenters. The number of hydrogen-bond donors (Lipinski definition) is 0. The molecule has 0 aliphatic carbocycles. The first-order valence-electron chi connectivity index (χ1n) is 18.1. The highest BCUT2D eigenvalue weighted by atomic mass is 15.1. The molecule has 0 saturated carbocycles. The number of fused-ring (bicyclic) bond motifs is 3. The molecular weight excluding hydrogens is 641 g/mol. The zero-order valence-corrected chi connectivity index (χ0v) is 29.0. The molecule has 0 fully saturated rings. The van der Waals surface area contributed by atoms with Crippen molar-refractivity contribution >= 4 is 32.6 Å². The summed E-state index contributed by atoms with van der Waals surface area (Å²) in [5.74, 6) is 0.925.